The van der Waals surface area contributed by atoms with Crippen LogP contribution in [0, 0.1) is 6.92 Å². The van der Waals surface area contributed by atoms with E-state index in [9.17, 15) is 4.79 Å². The highest BCUT2D eigenvalue weighted by Crippen LogP contribution is 2.11. The van der Waals surface area contributed by atoms with Crippen LogP contribution in [0.4, 0.5) is 0 Å². The summed E-state index contributed by atoms with van der Waals surface area (Å²) in [6.07, 6.45) is 0. The van der Waals surface area contributed by atoms with Crippen LogP contribution in [0.25, 0.3) is 5.69 Å². The van der Waals surface area contributed by atoms with Gasteiger partial charge in [0.15, 0.2) is 5.69 Å². The van der Waals surface area contributed by atoms with Gasteiger partial charge in [0.2, 0.25) is 0 Å². The first-order valence-electron chi connectivity index (χ1n) is 7.05. The molecule has 0 saturated heterocycles. The number of nitrogens with zero attached hydrogens (tertiary/aromatic N) is 3. The number of amides is 1. The number of hydrogen-bond donors (Lipinski definition) is 1. The van der Waals surface area contributed by atoms with Crippen LogP contribution in [0.15, 0.2) is 60.7 Å². The van der Waals surface area contributed by atoms with Gasteiger partial charge < -0.3 is 5.32 Å². The minimum Gasteiger partial charge on any atom is -0.347 e. The van der Waals surface area contributed by atoms with Gasteiger partial charge in [-0.1, -0.05) is 53.7 Å². The zero-order valence-electron chi connectivity index (χ0n) is 12.2. The summed E-state index contributed by atoms with van der Waals surface area (Å²) in [5.41, 5.74) is 3.00. The molecular formula is C17H16N4O. The van der Waals surface area contributed by atoms with Crippen LogP contribution in [0.5, 0.6) is 0 Å². The standard InChI is InChI=1S/C17H16N4O/c1-13-16(17(22)18-12-14-8-4-2-5-9-14)19-20-21(13)15-10-6-3-7-11-15/h2-11H,12H2,1H3,(H,18,22). The molecule has 110 valence electrons. The summed E-state index contributed by atoms with van der Waals surface area (Å²) in [5.74, 6) is -0.219. The highest BCUT2D eigenvalue weighted by molar-refractivity contribution is 5.93. The average molecular weight is 292 g/mol. The van der Waals surface area contributed by atoms with Crippen molar-refractivity contribution in [2.45, 2.75) is 13.5 Å². The lowest BCUT2D eigenvalue weighted by molar-refractivity contribution is 0.0945. The molecule has 0 bridgehead atoms. The fraction of sp³-hybridized carbons (Fsp3) is 0.118. The Kier molecular flexibility index (Phi) is 3.96. The van der Waals surface area contributed by atoms with Gasteiger partial charge >= 0.3 is 0 Å². The van der Waals surface area contributed by atoms with Gasteiger partial charge in [-0.15, -0.1) is 5.10 Å². The Morgan fingerprint density at radius 1 is 1.05 bits per heavy atom. The van der Waals surface area contributed by atoms with E-state index in [1.54, 1.807) is 4.68 Å². The van der Waals surface area contributed by atoms with Crippen LogP contribution in [0.2, 0.25) is 0 Å². The van der Waals surface area contributed by atoms with Crippen molar-refractivity contribution < 1.29 is 4.79 Å². The molecule has 5 heteroatoms. The Labute approximate surface area is 128 Å². The number of nitrogens with one attached hydrogen (secondary N) is 1. The normalized spacial score (nSPS) is 10.4. The number of rotatable bonds is 4. The van der Waals surface area contributed by atoms with Crippen LogP contribution < -0.4 is 5.32 Å². The molecule has 0 saturated carbocycles. The van der Waals surface area contributed by atoms with E-state index >= 15 is 0 Å². The van der Waals surface area contributed by atoms with Crippen molar-refractivity contribution >= 4 is 5.91 Å². The highest BCUT2D eigenvalue weighted by Gasteiger charge is 2.16. The zero-order chi connectivity index (χ0) is 15.4. The van der Waals surface area contributed by atoms with E-state index in [1.165, 1.54) is 0 Å². The zero-order valence-corrected chi connectivity index (χ0v) is 12.2. The molecule has 3 aromatic rings. The quantitative estimate of drug-likeness (QED) is 0.803. The summed E-state index contributed by atoms with van der Waals surface area (Å²) in [4.78, 5) is 12.3. The second kappa shape index (κ2) is 6.22. The van der Waals surface area contributed by atoms with E-state index < -0.39 is 0 Å². The Hall–Kier alpha value is -2.95. The van der Waals surface area contributed by atoms with E-state index in [-0.39, 0.29) is 5.91 Å². The molecule has 0 spiro atoms. The van der Waals surface area contributed by atoms with Gasteiger partial charge in [-0.2, -0.15) is 0 Å². The van der Waals surface area contributed by atoms with Crippen LogP contribution >= 0.6 is 0 Å². The van der Waals surface area contributed by atoms with Gasteiger partial charge in [0, 0.05) is 6.54 Å². The lowest BCUT2D eigenvalue weighted by Crippen LogP contribution is -2.24. The minimum absolute atomic E-state index is 0.219. The maximum Gasteiger partial charge on any atom is 0.274 e. The summed E-state index contributed by atoms with van der Waals surface area (Å²) in [7, 11) is 0. The predicted octanol–water partition coefficient (Wildman–Crippen LogP) is 2.51. The molecular weight excluding hydrogens is 276 g/mol. The summed E-state index contributed by atoms with van der Waals surface area (Å²) < 4.78 is 1.66. The molecule has 5 nitrogen and oxygen atoms in total. The summed E-state index contributed by atoms with van der Waals surface area (Å²) in [5, 5.41) is 10.9. The van der Waals surface area contributed by atoms with E-state index in [2.05, 4.69) is 15.6 Å². The number of benzene rings is 2. The maximum atomic E-state index is 12.3. The van der Waals surface area contributed by atoms with Crippen LogP contribution in [0.3, 0.4) is 0 Å². The lowest BCUT2D eigenvalue weighted by atomic mass is 10.2. The molecule has 0 aliphatic rings. The number of carbonyl (C=O) groups excluding carboxylic acids is 1. The molecule has 0 atom stereocenters. The Morgan fingerprint density at radius 3 is 2.36 bits per heavy atom. The molecule has 1 heterocycles. The van der Waals surface area contributed by atoms with E-state index in [4.69, 9.17) is 0 Å². The molecule has 0 aliphatic carbocycles. The molecule has 1 aromatic heterocycles. The first-order chi connectivity index (χ1) is 10.8. The molecule has 0 aliphatic heterocycles. The molecule has 0 fully saturated rings. The number of hydrogen-bond acceptors (Lipinski definition) is 3. The topological polar surface area (TPSA) is 59.8 Å². The molecule has 0 unspecified atom stereocenters. The third-order valence-electron chi connectivity index (χ3n) is 3.41. The van der Waals surface area contributed by atoms with Crippen molar-refractivity contribution in [3.05, 3.63) is 77.6 Å². The third-order valence-corrected chi connectivity index (χ3v) is 3.41. The van der Waals surface area contributed by atoms with Crippen molar-refractivity contribution in [1.29, 1.82) is 0 Å². The molecule has 22 heavy (non-hydrogen) atoms. The second-order valence-corrected chi connectivity index (χ2v) is 4.94. The van der Waals surface area contributed by atoms with E-state index in [0.29, 0.717) is 12.2 Å². The molecule has 2 aromatic carbocycles. The van der Waals surface area contributed by atoms with Gasteiger partial charge in [-0.25, -0.2) is 4.68 Å². The van der Waals surface area contributed by atoms with Crippen molar-refractivity contribution in [2.75, 3.05) is 0 Å². The SMILES string of the molecule is Cc1c(C(=O)NCc2ccccc2)nnn1-c1ccccc1. The van der Waals surface area contributed by atoms with Crippen LogP contribution in [-0.2, 0) is 6.54 Å². The van der Waals surface area contributed by atoms with E-state index in [0.717, 1.165) is 16.9 Å². The van der Waals surface area contributed by atoms with Gasteiger partial charge in [0.25, 0.3) is 5.91 Å². The molecule has 1 N–H and O–H groups in total. The molecule has 3 rings (SSSR count). The molecule has 1 amide bonds. The first kappa shape index (κ1) is 14.0. The number of aromatic nitrogens is 3. The van der Waals surface area contributed by atoms with Crippen LogP contribution in [-0.4, -0.2) is 20.9 Å². The average Bonchev–Trinajstić information content (AvgIpc) is 2.96. The Balaban J connectivity index is 1.75. The van der Waals surface area contributed by atoms with Crippen molar-refractivity contribution in [3.63, 3.8) is 0 Å². The summed E-state index contributed by atoms with van der Waals surface area (Å²) in [6, 6.07) is 19.4. The second-order valence-electron chi connectivity index (χ2n) is 4.94. The minimum atomic E-state index is -0.219. The largest absolute Gasteiger partial charge is 0.347 e. The fourth-order valence-electron chi connectivity index (χ4n) is 2.22. The fourth-order valence-corrected chi connectivity index (χ4v) is 2.22. The van der Waals surface area contributed by atoms with Gasteiger partial charge in [-0.05, 0) is 24.6 Å². The Morgan fingerprint density at radius 2 is 1.68 bits per heavy atom. The van der Waals surface area contributed by atoms with Gasteiger partial charge in [-0.3, -0.25) is 4.79 Å². The van der Waals surface area contributed by atoms with E-state index in [1.807, 2.05) is 67.6 Å². The maximum absolute atomic E-state index is 12.3. The van der Waals surface area contributed by atoms with Crippen molar-refractivity contribution in [3.8, 4) is 5.69 Å². The number of para-hydroxylation sites is 1. The first-order valence-corrected chi connectivity index (χ1v) is 7.05. The number of carbonyl (C=O) groups is 1. The van der Waals surface area contributed by atoms with Crippen molar-refractivity contribution in [2.24, 2.45) is 0 Å². The Bertz CT molecular complexity index is 766. The lowest BCUT2D eigenvalue weighted by Gasteiger charge is -2.05. The van der Waals surface area contributed by atoms with Crippen LogP contribution in [0.1, 0.15) is 21.7 Å². The van der Waals surface area contributed by atoms with Crippen molar-refractivity contribution in [1.82, 2.24) is 20.3 Å². The van der Waals surface area contributed by atoms with Gasteiger partial charge in [0.1, 0.15) is 0 Å². The highest BCUT2D eigenvalue weighted by atomic mass is 16.2. The third kappa shape index (κ3) is 2.88. The molecule has 0 radical (unpaired) electrons. The monoisotopic (exact) mass is 292 g/mol. The predicted molar refractivity (Wildman–Crippen MR) is 83.7 cm³/mol. The van der Waals surface area contributed by atoms with Gasteiger partial charge in [0.05, 0.1) is 11.4 Å². The summed E-state index contributed by atoms with van der Waals surface area (Å²) >= 11 is 0. The summed E-state index contributed by atoms with van der Waals surface area (Å²) in [6.45, 7) is 2.31. The smallest absolute Gasteiger partial charge is 0.274 e.